The van der Waals surface area contributed by atoms with Gasteiger partial charge in [0.2, 0.25) is 0 Å². The van der Waals surface area contributed by atoms with Crippen LogP contribution < -0.4 is 5.32 Å². The standard InChI is InChI=1S/C14H28N2O/c1-12(2)16-8-9-17-14(11-16)10-15-7-6-13-4-3-5-13/h12-15H,3-11H2,1-2H3. The Morgan fingerprint density at radius 1 is 1.35 bits per heavy atom. The third-order valence-corrected chi connectivity index (χ3v) is 4.23. The molecular weight excluding hydrogens is 212 g/mol. The minimum atomic E-state index is 0.396. The van der Waals surface area contributed by atoms with E-state index in [0.717, 1.165) is 32.2 Å². The minimum absolute atomic E-state index is 0.396. The Hall–Kier alpha value is -0.120. The van der Waals surface area contributed by atoms with Crippen molar-refractivity contribution in [2.75, 3.05) is 32.8 Å². The molecular formula is C14H28N2O. The maximum absolute atomic E-state index is 5.80. The van der Waals surface area contributed by atoms with E-state index in [1.54, 1.807) is 0 Å². The molecule has 0 aromatic rings. The lowest BCUT2D eigenvalue weighted by atomic mass is 9.83. The Bertz CT molecular complexity index is 216. The molecule has 3 heteroatoms. The van der Waals surface area contributed by atoms with Crippen LogP contribution in [0.3, 0.4) is 0 Å². The second-order valence-electron chi connectivity index (χ2n) is 5.87. The molecule has 1 saturated carbocycles. The van der Waals surface area contributed by atoms with E-state index >= 15 is 0 Å². The maximum atomic E-state index is 5.80. The zero-order chi connectivity index (χ0) is 12.1. The first-order valence-electron chi connectivity index (χ1n) is 7.32. The van der Waals surface area contributed by atoms with Crippen LogP contribution in [0.25, 0.3) is 0 Å². The van der Waals surface area contributed by atoms with Gasteiger partial charge in [-0.3, -0.25) is 4.90 Å². The van der Waals surface area contributed by atoms with E-state index in [2.05, 4.69) is 24.1 Å². The fourth-order valence-electron chi connectivity index (χ4n) is 2.69. The fraction of sp³-hybridized carbons (Fsp3) is 1.00. The first kappa shape index (κ1) is 13.3. The smallest absolute Gasteiger partial charge is 0.0826 e. The number of hydrogen-bond acceptors (Lipinski definition) is 3. The molecule has 100 valence electrons. The molecule has 2 fully saturated rings. The zero-order valence-electron chi connectivity index (χ0n) is 11.5. The Labute approximate surface area is 106 Å². The van der Waals surface area contributed by atoms with Gasteiger partial charge in [-0.1, -0.05) is 19.3 Å². The number of rotatable bonds is 6. The predicted octanol–water partition coefficient (Wildman–Crippen LogP) is 1.88. The summed E-state index contributed by atoms with van der Waals surface area (Å²) in [5, 5.41) is 3.56. The van der Waals surface area contributed by atoms with Crippen LogP contribution in [0.15, 0.2) is 0 Å². The molecule has 0 bridgehead atoms. The molecule has 0 aromatic heterocycles. The molecule has 17 heavy (non-hydrogen) atoms. The van der Waals surface area contributed by atoms with Crippen LogP contribution in [0, 0.1) is 5.92 Å². The minimum Gasteiger partial charge on any atom is -0.374 e. The first-order chi connectivity index (χ1) is 8.25. The molecule has 0 aromatic carbocycles. The highest BCUT2D eigenvalue weighted by Crippen LogP contribution is 2.28. The monoisotopic (exact) mass is 240 g/mol. The van der Waals surface area contributed by atoms with Gasteiger partial charge in [0.05, 0.1) is 12.7 Å². The van der Waals surface area contributed by atoms with Crippen LogP contribution in [-0.4, -0.2) is 49.8 Å². The number of nitrogens with one attached hydrogen (secondary N) is 1. The number of morpholine rings is 1. The van der Waals surface area contributed by atoms with E-state index in [0.29, 0.717) is 12.1 Å². The Kier molecular flexibility index (Phi) is 5.26. The summed E-state index contributed by atoms with van der Waals surface area (Å²) in [4.78, 5) is 2.52. The Morgan fingerprint density at radius 2 is 2.18 bits per heavy atom. The third kappa shape index (κ3) is 4.23. The van der Waals surface area contributed by atoms with Crippen LogP contribution >= 0.6 is 0 Å². The summed E-state index contributed by atoms with van der Waals surface area (Å²) in [5.74, 6) is 1.02. The SMILES string of the molecule is CC(C)N1CCOC(CNCCC2CCC2)C1. The van der Waals surface area contributed by atoms with Crippen molar-refractivity contribution in [3.8, 4) is 0 Å². The predicted molar refractivity (Wildman–Crippen MR) is 71.3 cm³/mol. The molecule has 1 saturated heterocycles. The largest absolute Gasteiger partial charge is 0.374 e. The summed E-state index contributed by atoms with van der Waals surface area (Å²) in [6, 6.07) is 0.649. The zero-order valence-corrected chi connectivity index (χ0v) is 11.5. The average molecular weight is 240 g/mol. The van der Waals surface area contributed by atoms with Crippen molar-refractivity contribution in [1.82, 2.24) is 10.2 Å². The van der Waals surface area contributed by atoms with E-state index in [1.807, 2.05) is 0 Å². The highest BCUT2D eigenvalue weighted by molar-refractivity contribution is 4.76. The molecule has 0 amide bonds. The summed E-state index contributed by atoms with van der Waals surface area (Å²) >= 11 is 0. The van der Waals surface area contributed by atoms with Crippen LogP contribution in [0.2, 0.25) is 0 Å². The second-order valence-corrected chi connectivity index (χ2v) is 5.87. The normalized spacial score (nSPS) is 27.4. The Balaban J connectivity index is 1.55. The van der Waals surface area contributed by atoms with Gasteiger partial charge in [0.25, 0.3) is 0 Å². The van der Waals surface area contributed by atoms with Gasteiger partial charge in [-0.05, 0) is 32.7 Å². The quantitative estimate of drug-likeness (QED) is 0.717. The molecule has 2 rings (SSSR count). The van der Waals surface area contributed by atoms with E-state index in [9.17, 15) is 0 Å². The van der Waals surface area contributed by atoms with Crippen molar-refractivity contribution >= 4 is 0 Å². The summed E-state index contributed by atoms with van der Waals surface area (Å²) in [7, 11) is 0. The van der Waals surface area contributed by atoms with Gasteiger partial charge < -0.3 is 10.1 Å². The summed E-state index contributed by atoms with van der Waals surface area (Å²) in [6.45, 7) is 9.82. The molecule has 3 nitrogen and oxygen atoms in total. The van der Waals surface area contributed by atoms with E-state index < -0.39 is 0 Å². The van der Waals surface area contributed by atoms with Crippen LogP contribution in [-0.2, 0) is 4.74 Å². The molecule has 1 aliphatic heterocycles. The van der Waals surface area contributed by atoms with Gasteiger partial charge in [0.15, 0.2) is 0 Å². The van der Waals surface area contributed by atoms with E-state index in [-0.39, 0.29) is 0 Å². The van der Waals surface area contributed by atoms with E-state index in [1.165, 1.54) is 32.2 Å². The van der Waals surface area contributed by atoms with Crippen molar-refractivity contribution in [1.29, 1.82) is 0 Å². The number of ether oxygens (including phenoxy) is 1. The fourth-order valence-corrected chi connectivity index (χ4v) is 2.69. The molecule has 1 atom stereocenters. The van der Waals surface area contributed by atoms with Gasteiger partial charge in [0.1, 0.15) is 0 Å². The molecule has 1 heterocycles. The molecule has 0 spiro atoms. The van der Waals surface area contributed by atoms with E-state index in [4.69, 9.17) is 4.74 Å². The van der Waals surface area contributed by atoms with Gasteiger partial charge in [-0.25, -0.2) is 0 Å². The number of nitrogens with zero attached hydrogens (tertiary/aromatic N) is 1. The lowest BCUT2D eigenvalue weighted by Crippen LogP contribution is -2.49. The third-order valence-electron chi connectivity index (χ3n) is 4.23. The van der Waals surface area contributed by atoms with Crippen molar-refractivity contribution < 1.29 is 4.74 Å². The molecule has 1 aliphatic carbocycles. The molecule has 1 unspecified atom stereocenters. The first-order valence-corrected chi connectivity index (χ1v) is 7.32. The maximum Gasteiger partial charge on any atom is 0.0826 e. The highest BCUT2D eigenvalue weighted by atomic mass is 16.5. The molecule has 2 aliphatic rings. The average Bonchev–Trinajstić information content (AvgIpc) is 2.27. The second kappa shape index (κ2) is 6.72. The molecule has 1 N–H and O–H groups in total. The highest BCUT2D eigenvalue weighted by Gasteiger charge is 2.22. The summed E-state index contributed by atoms with van der Waals surface area (Å²) in [6.07, 6.45) is 6.14. The van der Waals surface area contributed by atoms with Crippen molar-refractivity contribution in [3.63, 3.8) is 0 Å². The Morgan fingerprint density at radius 3 is 2.82 bits per heavy atom. The van der Waals surface area contributed by atoms with Gasteiger partial charge in [-0.2, -0.15) is 0 Å². The van der Waals surface area contributed by atoms with Gasteiger partial charge in [-0.15, -0.1) is 0 Å². The lowest BCUT2D eigenvalue weighted by Gasteiger charge is -2.35. The van der Waals surface area contributed by atoms with Crippen LogP contribution in [0.1, 0.15) is 39.5 Å². The van der Waals surface area contributed by atoms with Crippen LogP contribution in [0.5, 0.6) is 0 Å². The summed E-state index contributed by atoms with van der Waals surface area (Å²) < 4.78 is 5.80. The van der Waals surface area contributed by atoms with Crippen molar-refractivity contribution in [2.45, 2.75) is 51.7 Å². The topological polar surface area (TPSA) is 24.5 Å². The van der Waals surface area contributed by atoms with Crippen molar-refractivity contribution in [2.24, 2.45) is 5.92 Å². The summed E-state index contributed by atoms with van der Waals surface area (Å²) in [5.41, 5.74) is 0. The van der Waals surface area contributed by atoms with Crippen LogP contribution in [0.4, 0.5) is 0 Å². The molecule has 0 radical (unpaired) electrons. The van der Waals surface area contributed by atoms with Gasteiger partial charge in [0, 0.05) is 25.7 Å². The lowest BCUT2D eigenvalue weighted by molar-refractivity contribution is -0.0372. The van der Waals surface area contributed by atoms with Gasteiger partial charge >= 0.3 is 0 Å². The number of hydrogen-bond donors (Lipinski definition) is 1. The van der Waals surface area contributed by atoms with Crippen molar-refractivity contribution in [3.05, 3.63) is 0 Å².